The number of hydrogen-bond donors (Lipinski definition) is 1. The highest BCUT2D eigenvalue weighted by atomic mass is 16.5. The molecule has 1 aliphatic rings. The van der Waals surface area contributed by atoms with Crippen LogP contribution in [0.4, 0.5) is 0 Å². The predicted molar refractivity (Wildman–Crippen MR) is 80.4 cm³/mol. The second-order valence-electron chi connectivity index (χ2n) is 5.72. The van der Waals surface area contributed by atoms with Crippen molar-refractivity contribution in [1.29, 1.82) is 0 Å². The zero-order valence-electron chi connectivity index (χ0n) is 12.3. The van der Waals surface area contributed by atoms with Gasteiger partial charge in [0, 0.05) is 25.0 Å². The number of carbonyl (C=O) groups excluding carboxylic acids is 1. The Morgan fingerprint density at radius 3 is 2.80 bits per heavy atom. The van der Waals surface area contributed by atoms with Gasteiger partial charge in [0.2, 0.25) is 0 Å². The highest BCUT2D eigenvalue weighted by Gasteiger charge is 2.22. The van der Waals surface area contributed by atoms with Gasteiger partial charge in [-0.1, -0.05) is 37.3 Å². The standard InChI is InChI=1S/C17H25NO2/c1-13(17(18)14-7-3-2-4-8-14)16(19)11-5-9-15-10-6-12-20-15/h2-4,7-8,13,15,17H,5-6,9-12,18H2,1H3. The van der Waals surface area contributed by atoms with E-state index in [0.717, 1.165) is 37.9 Å². The molecule has 1 heterocycles. The average Bonchev–Trinajstić information content (AvgIpc) is 2.99. The fourth-order valence-corrected chi connectivity index (χ4v) is 2.77. The van der Waals surface area contributed by atoms with E-state index in [9.17, 15) is 4.79 Å². The number of nitrogens with two attached hydrogens (primary N) is 1. The summed E-state index contributed by atoms with van der Waals surface area (Å²) in [4.78, 5) is 12.2. The van der Waals surface area contributed by atoms with Gasteiger partial charge in [0.05, 0.1) is 6.10 Å². The van der Waals surface area contributed by atoms with E-state index in [0.29, 0.717) is 12.5 Å². The Bertz CT molecular complexity index is 412. The second kappa shape index (κ2) is 7.55. The Hall–Kier alpha value is -1.19. The minimum Gasteiger partial charge on any atom is -0.378 e. The van der Waals surface area contributed by atoms with Crippen LogP contribution in [0.2, 0.25) is 0 Å². The van der Waals surface area contributed by atoms with Crippen LogP contribution >= 0.6 is 0 Å². The molecule has 1 fully saturated rings. The van der Waals surface area contributed by atoms with Gasteiger partial charge in [0.15, 0.2) is 0 Å². The van der Waals surface area contributed by atoms with E-state index < -0.39 is 0 Å². The van der Waals surface area contributed by atoms with Crippen molar-refractivity contribution in [2.75, 3.05) is 6.61 Å². The number of Topliss-reactive ketones (excluding diaryl/α,β-unsaturated/α-hetero) is 1. The maximum atomic E-state index is 12.2. The molecule has 0 bridgehead atoms. The lowest BCUT2D eigenvalue weighted by Crippen LogP contribution is -2.26. The molecule has 3 heteroatoms. The van der Waals surface area contributed by atoms with E-state index in [4.69, 9.17) is 10.5 Å². The van der Waals surface area contributed by atoms with E-state index in [1.165, 1.54) is 0 Å². The van der Waals surface area contributed by atoms with Crippen molar-refractivity contribution in [3.8, 4) is 0 Å². The van der Waals surface area contributed by atoms with E-state index in [1.54, 1.807) is 0 Å². The summed E-state index contributed by atoms with van der Waals surface area (Å²) in [6.45, 7) is 2.82. The molecule has 2 N–H and O–H groups in total. The molecular weight excluding hydrogens is 250 g/mol. The average molecular weight is 275 g/mol. The van der Waals surface area contributed by atoms with Gasteiger partial charge in [0.1, 0.15) is 5.78 Å². The quantitative estimate of drug-likeness (QED) is 0.831. The Kier molecular flexibility index (Phi) is 5.74. The lowest BCUT2D eigenvalue weighted by atomic mass is 9.89. The van der Waals surface area contributed by atoms with E-state index in [2.05, 4.69) is 0 Å². The summed E-state index contributed by atoms with van der Waals surface area (Å²) in [5.41, 5.74) is 7.22. The molecule has 0 spiro atoms. The number of ether oxygens (including phenoxy) is 1. The Morgan fingerprint density at radius 1 is 1.40 bits per heavy atom. The molecule has 1 aliphatic heterocycles. The first kappa shape index (κ1) is 15.2. The molecule has 0 amide bonds. The van der Waals surface area contributed by atoms with Crippen LogP contribution in [-0.4, -0.2) is 18.5 Å². The summed E-state index contributed by atoms with van der Waals surface area (Å²) >= 11 is 0. The maximum absolute atomic E-state index is 12.2. The van der Waals surface area contributed by atoms with Gasteiger partial charge in [-0.15, -0.1) is 0 Å². The third kappa shape index (κ3) is 4.15. The topological polar surface area (TPSA) is 52.3 Å². The van der Waals surface area contributed by atoms with Crippen molar-refractivity contribution in [3.05, 3.63) is 35.9 Å². The second-order valence-corrected chi connectivity index (χ2v) is 5.72. The van der Waals surface area contributed by atoms with Crippen LogP contribution in [0.15, 0.2) is 30.3 Å². The number of hydrogen-bond acceptors (Lipinski definition) is 3. The van der Waals surface area contributed by atoms with Crippen molar-refractivity contribution in [1.82, 2.24) is 0 Å². The predicted octanol–water partition coefficient (Wildman–Crippen LogP) is 3.24. The van der Waals surface area contributed by atoms with Crippen molar-refractivity contribution >= 4 is 5.78 Å². The van der Waals surface area contributed by atoms with Crippen LogP contribution in [0.3, 0.4) is 0 Å². The highest BCUT2D eigenvalue weighted by Crippen LogP contribution is 2.23. The minimum absolute atomic E-state index is 0.123. The fraction of sp³-hybridized carbons (Fsp3) is 0.588. The Morgan fingerprint density at radius 2 is 2.15 bits per heavy atom. The first-order valence-electron chi connectivity index (χ1n) is 7.63. The molecule has 0 aromatic heterocycles. The molecule has 3 unspecified atom stereocenters. The summed E-state index contributed by atoms with van der Waals surface area (Å²) in [7, 11) is 0. The first-order chi connectivity index (χ1) is 9.68. The largest absolute Gasteiger partial charge is 0.378 e. The molecular formula is C17H25NO2. The molecule has 20 heavy (non-hydrogen) atoms. The van der Waals surface area contributed by atoms with Gasteiger partial charge in [-0.2, -0.15) is 0 Å². The van der Waals surface area contributed by atoms with Crippen LogP contribution in [0, 0.1) is 5.92 Å². The van der Waals surface area contributed by atoms with Crippen LogP contribution in [-0.2, 0) is 9.53 Å². The minimum atomic E-state index is -0.202. The summed E-state index contributed by atoms with van der Waals surface area (Å²) in [5.74, 6) is 0.140. The normalized spacial score (nSPS) is 21.6. The summed E-state index contributed by atoms with van der Waals surface area (Å²) in [6, 6.07) is 9.66. The van der Waals surface area contributed by atoms with Gasteiger partial charge >= 0.3 is 0 Å². The van der Waals surface area contributed by atoms with Crippen molar-refractivity contribution in [3.63, 3.8) is 0 Å². The SMILES string of the molecule is CC(C(=O)CCCC1CCCO1)C(N)c1ccccc1. The van der Waals surface area contributed by atoms with Crippen LogP contribution in [0.25, 0.3) is 0 Å². The van der Waals surface area contributed by atoms with Gasteiger partial charge in [-0.25, -0.2) is 0 Å². The van der Waals surface area contributed by atoms with Crippen molar-refractivity contribution < 1.29 is 9.53 Å². The van der Waals surface area contributed by atoms with Crippen molar-refractivity contribution in [2.24, 2.45) is 11.7 Å². The third-order valence-corrected chi connectivity index (χ3v) is 4.20. The highest BCUT2D eigenvalue weighted by molar-refractivity contribution is 5.81. The molecule has 1 aromatic rings. The molecule has 3 nitrogen and oxygen atoms in total. The van der Waals surface area contributed by atoms with E-state index in [-0.39, 0.29) is 17.7 Å². The molecule has 110 valence electrons. The van der Waals surface area contributed by atoms with E-state index >= 15 is 0 Å². The van der Waals surface area contributed by atoms with Gasteiger partial charge < -0.3 is 10.5 Å². The third-order valence-electron chi connectivity index (χ3n) is 4.20. The zero-order chi connectivity index (χ0) is 14.4. The molecule has 1 aromatic carbocycles. The van der Waals surface area contributed by atoms with Gasteiger partial charge in [0.25, 0.3) is 0 Å². The Labute approximate surface area is 121 Å². The van der Waals surface area contributed by atoms with E-state index in [1.807, 2.05) is 37.3 Å². The lowest BCUT2D eigenvalue weighted by Gasteiger charge is -2.19. The summed E-state index contributed by atoms with van der Waals surface area (Å²) < 4.78 is 5.58. The number of ketones is 1. The summed E-state index contributed by atoms with van der Waals surface area (Å²) in [5, 5.41) is 0. The zero-order valence-corrected chi connectivity index (χ0v) is 12.3. The molecule has 3 atom stereocenters. The molecule has 1 saturated heterocycles. The molecule has 2 rings (SSSR count). The van der Waals surface area contributed by atoms with Gasteiger partial charge in [-0.05, 0) is 31.2 Å². The first-order valence-corrected chi connectivity index (χ1v) is 7.63. The molecule has 0 aliphatic carbocycles. The number of benzene rings is 1. The van der Waals surface area contributed by atoms with Crippen LogP contribution in [0.5, 0.6) is 0 Å². The monoisotopic (exact) mass is 275 g/mol. The van der Waals surface area contributed by atoms with Crippen LogP contribution in [0.1, 0.15) is 50.6 Å². The fourth-order valence-electron chi connectivity index (χ4n) is 2.77. The smallest absolute Gasteiger partial charge is 0.137 e. The molecule has 0 saturated carbocycles. The molecule has 0 radical (unpaired) electrons. The summed E-state index contributed by atoms with van der Waals surface area (Å²) in [6.07, 6.45) is 5.21. The Balaban J connectivity index is 1.76. The number of rotatable bonds is 7. The maximum Gasteiger partial charge on any atom is 0.137 e. The lowest BCUT2D eigenvalue weighted by molar-refractivity contribution is -0.123. The van der Waals surface area contributed by atoms with Crippen molar-refractivity contribution in [2.45, 2.75) is 51.2 Å². The van der Waals surface area contributed by atoms with Crippen LogP contribution < -0.4 is 5.73 Å². The van der Waals surface area contributed by atoms with Gasteiger partial charge in [-0.3, -0.25) is 4.79 Å². The number of carbonyl (C=O) groups is 1.